The largest absolute Gasteiger partial charge is 0.478 e. The van der Waals surface area contributed by atoms with Crippen LogP contribution in [0.3, 0.4) is 0 Å². The molecular formula is C17H13N3O6S. The highest BCUT2D eigenvalue weighted by Crippen LogP contribution is 2.29. The minimum absolute atomic E-state index is 0.0591. The Morgan fingerprint density at radius 2 is 1.52 bits per heavy atom. The van der Waals surface area contributed by atoms with Crippen LogP contribution in [0.2, 0.25) is 0 Å². The molecule has 1 aromatic heterocycles. The third-order valence-electron chi connectivity index (χ3n) is 3.76. The van der Waals surface area contributed by atoms with Crippen LogP contribution in [0.4, 0.5) is 0 Å². The standard InChI is InChI=1S/C17H13N3O6S/c18-27(25,26)12-8-6-11(7-9-12)20-15(10-4-2-1-3-5-10)13(16(21)22)14(19-20)17(23)24/h1-9H,(H,21,22)(H,23,24)(H2,18,25,26). The number of benzene rings is 2. The molecule has 3 rings (SSSR count). The van der Waals surface area contributed by atoms with Crippen LogP contribution < -0.4 is 5.14 Å². The van der Waals surface area contributed by atoms with Gasteiger partial charge in [-0.2, -0.15) is 5.10 Å². The number of carboxylic acids is 2. The first kappa shape index (κ1) is 18.3. The molecule has 0 fully saturated rings. The van der Waals surface area contributed by atoms with Gasteiger partial charge < -0.3 is 10.2 Å². The number of primary sulfonamides is 1. The van der Waals surface area contributed by atoms with Crippen molar-refractivity contribution in [2.75, 3.05) is 0 Å². The first-order valence-corrected chi connectivity index (χ1v) is 9.03. The van der Waals surface area contributed by atoms with Crippen LogP contribution in [0.1, 0.15) is 20.8 Å². The van der Waals surface area contributed by atoms with Gasteiger partial charge in [-0.15, -0.1) is 0 Å². The van der Waals surface area contributed by atoms with Crippen molar-refractivity contribution in [1.29, 1.82) is 0 Å². The second-order valence-corrected chi connectivity index (χ2v) is 7.06. The van der Waals surface area contributed by atoms with Crippen molar-refractivity contribution in [2.45, 2.75) is 4.90 Å². The van der Waals surface area contributed by atoms with Crippen LogP contribution in [0.15, 0.2) is 59.5 Å². The van der Waals surface area contributed by atoms with Crippen LogP contribution in [-0.2, 0) is 10.0 Å². The topological polar surface area (TPSA) is 153 Å². The fourth-order valence-corrected chi connectivity index (χ4v) is 3.11. The Morgan fingerprint density at radius 3 is 2.00 bits per heavy atom. The Labute approximate surface area is 153 Å². The van der Waals surface area contributed by atoms with Gasteiger partial charge in [0.15, 0.2) is 5.69 Å². The normalized spacial score (nSPS) is 11.3. The number of aromatic carboxylic acids is 2. The van der Waals surface area contributed by atoms with E-state index in [4.69, 9.17) is 5.14 Å². The van der Waals surface area contributed by atoms with E-state index in [0.717, 1.165) is 4.68 Å². The highest BCUT2D eigenvalue weighted by Gasteiger charge is 2.29. The summed E-state index contributed by atoms with van der Waals surface area (Å²) in [7, 11) is -3.91. The summed E-state index contributed by atoms with van der Waals surface area (Å²) in [6.07, 6.45) is 0. The Hall–Kier alpha value is -3.50. The molecule has 0 saturated heterocycles. The van der Waals surface area contributed by atoms with Gasteiger partial charge in [0, 0.05) is 5.56 Å². The molecule has 0 aliphatic rings. The van der Waals surface area contributed by atoms with Crippen molar-refractivity contribution >= 4 is 22.0 Å². The summed E-state index contributed by atoms with van der Waals surface area (Å²) in [5.41, 5.74) is -0.327. The van der Waals surface area contributed by atoms with Gasteiger partial charge in [-0.05, 0) is 24.3 Å². The quantitative estimate of drug-likeness (QED) is 0.601. The molecule has 138 valence electrons. The number of nitrogens with two attached hydrogens (primary N) is 1. The number of carbonyl (C=O) groups is 2. The van der Waals surface area contributed by atoms with Crippen molar-refractivity contribution in [3.8, 4) is 16.9 Å². The summed E-state index contributed by atoms with van der Waals surface area (Å²) in [6.45, 7) is 0. The van der Waals surface area contributed by atoms with Gasteiger partial charge >= 0.3 is 11.9 Å². The Kier molecular flexibility index (Phi) is 4.52. The summed E-state index contributed by atoms with van der Waals surface area (Å²) < 4.78 is 24.0. The highest BCUT2D eigenvalue weighted by atomic mass is 32.2. The summed E-state index contributed by atoms with van der Waals surface area (Å²) in [4.78, 5) is 23.1. The zero-order valence-electron chi connectivity index (χ0n) is 13.6. The third kappa shape index (κ3) is 3.43. The molecule has 4 N–H and O–H groups in total. The van der Waals surface area contributed by atoms with E-state index in [2.05, 4.69) is 5.10 Å². The molecular weight excluding hydrogens is 374 g/mol. The monoisotopic (exact) mass is 387 g/mol. The molecule has 0 spiro atoms. The number of hydrogen-bond acceptors (Lipinski definition) is 5. The van der Waals surface area contributed by atoms with Gasteiger partial charge in [-0.3, -0.25) is 0 Å². The molecule has 0 aliphatic carbocycles. The first-order valence-electron chi connectivity index (χ1n) is 7.48. The van der Waals surface area contributed by atoms with Crippen molar-refractivity contribution in [1.82, 2.24) is 9.78 Å². The summed E-state index contributed by atoms with van der Waals surface area (Å²) in [5.74, 6) is -2.94. The lowest BCUT2D eigenvalue weighted by molar-refractivity contribution is 0.0648. The van der Waals surface area contributed by atoms with Crippen molar-refractivity contribution < 1.29 is 28.2 Å². The van der Waals surface area contributed by atoms with Crippen molar-refractivity contribution in [3.05, 3.63) is 65.9 Å². The smallest absolute Gasteiger partial charge is 0.357 e. The van der Waals surface area contributed by atoms with E-state index in [1.807, 2.05) is 0 Å². The SMILES string of the molecule is NS(=O)(=O)c1ccc(-n2nc(C(=O)O)c(C(=O)O)c2-c2ccccc2)cc1. The Balaban J connectivity index is 2.31. The van der Waals surface area contributed by atoms with Crippen LogP contribution in [0.5, 0.6) is 0 Å². The van der Waals surface area contributed by atoms with E-state index >= 15 is 0 Å². The van der Waals surface area contributed by atoms with Gasteiger partial charge in [0.05, 0.1) is 16.3 Å². The Morgan fingerprint density at radius 1 is 0.926 bits per heavy atom. The number of sulfonamides is 1. The van der Waals surface area contributed by atoms with Crippen LogP contribution in [0, 0.1) is 0 Å². The molecule has 2 aromatic carbocycles. The van der Waals surface area contributed by atoms with E-state index in [0.29, 0.717) is 5.56 Å². The fourth-order valence-electron chi connectivity index (χ4n) is 2.60. The van der Waals surface area contributed by atoms with Gasteiger partial charge in [0.25, 0.3) is 0 Å². The maximum atomic E-state index is 11.7. The second-order valence-electron chi connectivity index (χ2n) is 5.50. The molecule has 0 amide bonds. The molecule has 0 aliphatic heterocycles. The zero-order valence-corrected chi connectivity index (χ0v) is 14.4. The average Bonchev–Trinajstić information content (AvgIpc) is 3.03. The molecule has 0 bridgehead atoms. The summed E-state index contributed by atoms with van der Waals surface area (Å²) in [5, 5.41) is 27.9. The maximum Gasteiger partial charge on any atom is 0.357 e. The van der Waals surface area contributed by atoms with Crippen molar-refractivity contribution in [2.24, 2.45) is 5.14 Å². The van der Waals surface area contributed by atoms with Crippen LogP contribution in [0.25, 0.3) is 16.9 Å². The molecule has 27 heavy (non-hydrogen) atoms. The number of aromatic nitrogens is 2. The average molecular weight is 387 g/mol. The summed E-state index contributed by atoms with van der Waals surface area (Å²) in [6, 6.07) is 13.5. The van der Waals surface area contributed by atoms with E-state index in [1.165, 1.54) is 24.3 Å². The molecule has 0 radical (unpaired) electrons. The zero-order chi connectivity index (χ0) is 19.8. The highest BCUT2D eigenvalue weighted by molar-refractivity contribution is 7.89. The van der Waals surface area contributed by atoms with Crippen molar-refractivity contribution in [3.63, 3.8) is 0 Å². The second kappa shape index (κ2) is 6.67. The molecule has 0 saturated carbocycles. The third-order valence-corrected chi connectivity index (χ3v) is 4.69. The Bertz CT molecular complexity index is 1140. The molecule has 10 heteroatoms. The van der Waals surface area contributed by atoms with E-state index in [1.54, 1.807) is 30.3 Å². The van der Waals surface area contributed by atoms with Gasteiger partial charge in [0.2, 0.25) is 10.0 Å². The van der Waals surface area contributed by atoms with Gasteiger partial charge in [-0.25, -0.2) is 27.8 Å². The van der Waals surface area contributed by atoms with E-state index in [9.17, 15) is 28.2 Å². The fraction of sp³-hybridized carbons (Fsp3) is 0. The number of nitrogens with zero attached hydrogens (tertiary/aromatic N) is 2. The molecule has 0 atom stereocenters. The predicted octanol–water partition coefficient (Wildman–Crippen LogP) is 1.58. The lowest BCUT2D eigenvalue weighted by atomic mass is 10.1. The van der Waals surface area contributed by atoms with Crippen LogP contribution >= 0.6 is 0 Å². The minimum Gasteiger partial charge on any atom is -0.478 e. The predicted molar refractivity (Wildman–Crippen MR) is 94.3 cm³/mol. The lowest BCUT2D eigenvalue weighted by Gasteiger charge is -2.09. The minimum atomic E-state index is -3.91. The van der Waals surface area contributed by atoms with Gasteiger partial charge in [0.1, 0.15) is 5.56 Å². The molecule has 9 nitrogen and oxygen atoms in total. The first-order chi connectivity index (χ1) is 12.7. The maximum absolute atomic E-state index is 11.7. The molecule has 1 heterocycles. The lowest BCUT2D eigenvalue weighted by Crippen LogP contribution is -2.12. The molecule has 3 aromatic rings. The van der Waals surface area contributed by atoms with E-state index < -0.39 is 33.2 Å². The summed E-state index contributed by atoms with van der Waals surface area (Å²) >= 11 is 0. The van der Waals surface area contributed by atoms with E-state index in [-0.39, 0.29) is 16.3 Å². The number of carboxylic acid groups (broad SMARTS) is 2. The van der Waals surface area contributed by atoms with Crippen LogP contribution in [-0.4, -0.2) is 40.3 Å². The van der Waals surface area contributed by atoms with Gasteiger partial charge in [-0.1, -0.05) is 30.3 Å². The molecule has 0 unspecified atom stereocenters. The number of rotatable bonds is 5. The number of hydrogen-bond donors (Lipinski definition) is 3.